The monoisotopic (exact) mass is 279 g/mol. The summed E-state index contributed by atoms with van der Waals surface area (Å²) in [6, 6.07) is -0.0286. The standard InChI is InChI=1S/C14H21N3O3/c1-7(5-10-8(2)16-17(4)9(10)3)15-13(18)11-6-12(11)14(19)20/h7,11-12H,5-6H2,1-4H3,(H,15,18)(H,19,20)/t7-,11-,12-/m0/s1. The van der Waals surface area contributed by atoms with Crippen molar-refractivity contribution < 1.29 is 14.7 Å². The lowest BCUT2D eigenvalue weighted by Gasteiger charge is -2.14. The number of nitrogens with one attached hydrogen (secondary N) is 1. The lowest BCUT2D eigenvalue weighted by atomic mass is 10.1. The Morgan fingerprint density at radius 2 is 2.10 bits per heavy atom. The molecule has 1 saturated carbocycles. The summed E-state index contributed by atoms with van der Waals surface area (Å²) in [5, 5.41) is 16.1. The fourth-order valence-electron chi connectivity index (χ4n) is 2.58. The molecule has 110 valence electrons. The molecular formula is C14H21N3O3. The van der Waals surface area contributed by atoms with Crippen molar-refractivity contribution >= 4 is 11.9 Å². The number of hydrogen-bond acceptors (Lipinski definition) is 3. The van der Waals surface area contributed by atoms with Gasteiger partial charge < -0.3 is 10.4 Å². The highest BCUT2D eigenvalue weighted by Gasteiger charge is 2.48. The maximum absolute atomic E-state index is 11.9. The molecule has 1 amide bonds. The van der Waals surface area contributed by atoms with Crippen molar-refractivity contribution in [2.45, 2.75) is 39.7 Å². The summed E-state index contributed by atoms with van der Waals surface area (Å²) >= 11 is 0. The molecule has 1 aliphatic rings. The van der Waals surface area contributed by atoms with E-state index in [1.807, 2.05) is 32.5 Å². The highest BCUT2D eigenvalue weighted by atomic mass is 16.4. The molecule has 20 heavy (non-hydrogen) atoms. The summed E-state index contributed by atoms with van der Waals surface area (Å²) in [6.45, 7) is 5.89. The van der Waals surface area contributed by atoms with E-state index in [2.05, 4.69) is 10.4 Å². The van der Waals surface area contributed by atoms with E-state index >= 15 is 0 Å². The Labute approximate surface area is 118 Å². The summed E-state index contributed by atoms with van der Waals surface area (Å²) in [6.07, 6.45) is 1.17. The number of rotatable bonds is 5. The Morgan fingerprint density at radius 1 is 1.45 bits per heavy atom. The van der Waals surface area contributed by atoms with E-state index in [0.29, 0.717) is 12.8 Å². The second-order valence-corrected chi connectivity index (χ2v) is 5.67. The second kappa shape index (κ2) is 5.26. The number of amides is 1. The van der Waals surface area contributed by atoms with Gasteiger partial charge >= 0.3 is 5.97 Å². The van der Waals surface area contributed by atoms with Gasteiger partial charge in [-0.1, -0.05) is 0 Å². The molecule has 0 radical (unpaired) electrons. The third-order valence-electron chi connectivity index (χ3n) is 4.00. The fraction of sp³-hybridized carbons (Fsp3) is 0.643. The van der Waals surface area contributed by atoms with E-state index in [9.17, 15) is 9.59 Å². The summed E-state index contributed by atoms with van der Waals surface area (Å²) in [4.78, 5) is 22.7. The van der Waals surface area contributed by atoms with Gasteiger partial charge in [0.05, 0.1) is 17.5 Å². The molecule has 2 N–H and O–H groups in total. The molecule has 6 nitrogen and oxygen atoms in total. The first kappa shape index (κ1) is 14.6. The van der Waals surface area contributed by atoms with Crippen molar-refractivity contribution in [3.8, 4) is 0 Å². The Morgan fingerprint density at radius 3 is 2.55 bits per heavy atom. The summed E-state index contributed by atoms with van der Waals surface area (Å²) in [7, 11) is 1.90. The average Bonchev–Trinajstić information content (AvgIpc) is 3.10. The molecule has 6 heteroatoms. The number of nitrogens with zero attached hydrogens (tertiary/aromatic N) is 2. The van der Waals surface area contributed by atoms with E-state index < -0.39 is 11.9 Å². The number of hydrogen-bond donors (Lipinski definition) is 2. The topological polar surface area (TPSA) is 84.2 Å². The van der Waals surface area contributed by atoms with Gasteiger partial charge in [0.15, 0.2) is 0 Å². The fourth-order valence-corrected chi connectivity index (χ4v) is 2.58. The van der Waals surface area contributed by atoms with Crippen LogP contribution in [-0.4, -0.2) is 32.8 Å². The van der Waals surface area contributed by atoms with Gasteiger partial charge in [0.25, 0.3) is 0 Å². The SMILES string of the molecule is Cc1nn(C)c(C)c1C[C@H](C)NC(=O)[C@H]1C[C@@H]1C(=O)O. The van der Waals surface area contributed by atoms with Gasteiger partial charge in [0.1, 0.15) is 0 Å². The molecule has 0 aliphatic heterocycles. The van der Waals surface area contributed by atoms with Crippen molar-refractivity contribution in [2.75, 3.05) is 0 Å². The van der Waals surface area contributed by atoms with Gasteiger partial charge in [-0.3, -0.25) is 14.3 Å². The predicted octanol–water partition coefficient (Wildman–Crippen LogP) is 0.805. The largest absolute Gasteiger partial charge is 0.481 e. The number of carboxylic acid groups (broad SMARTS) is 1. The average molecular weight is 279 g/mol. The molecule has 1 fully saturated rings. The minimum absolute atomic E-state index is 0.0286. The number of aliphatic carboxylic acids is 1. The molecule has 1 aliphatic carbocycles. The van der Waals surface area contributed by atoms with Crippen LogP contribution in [-0.2, 0) is 23.1 Å². The van der Waals surface area contributed by atoms with Crippen LogP contribution < -0.4 is 5.32 Å². The number of aryl methyl sites for hydroxylation is 2. The van der Waals surface area contributed by atoms with E-state index in [4.69, 9.17) is 5.11 Å². The van der Waals surface area contributed by atoms with E-state index in [1.165, 1.54) is 0 Å². The number of carboxylic acids is 1. The zero-order valence-electron chi connectivity index (χ0n) is 12.3. The first-order chi connectivity index (χ1) is 9.31. The smallest absolute Gasteiger partial charge is 0.307 e. The summed E-state index contributed by atoms with van der Waals surface area (Å²) < 4.78 is 1.83. The van der Waals surface area contributed by atoms with Crippen LogP contribution in [0.5, 0.6) is 0 Å². The molecule has 0 bridgehead atoms. The van der Waals surface area contributed by atoms with E-state index in [-0.39, 0.29) is 17.9 Å². The van der Waals surface area contributed by atoms with Crippen LogP contribution in [0.2, 0.25) is 0 Å². The molecule has 1 heterocycles. The van der Waals surface area contributed by atoms with Gasteiger partial charge in [-0.15, -0.1) is 0 Å². The Hall–Kier alpha value is -1.85. The van der Waals surface area contributed by atoms with Crippen molar-refractivity contribution in [1.29, 1.82) is 0 Å². The van der Waals surface area contributed by atoms with Crippen LogP contribution in [0.15, 0.2) is 0 Å². The van der Waals surface area contributed by atoms with Crippen LogP contribution in [0.25, 0.3) is 0 Å². The van der Waals surface area contributed by atoms with Crippen LogP contribution >= 0.6 is 0 Å². The summed E-state index contributed by atoms with van der Waals surface area (Å²) in [5.41, 5.74) is 3.21. The highest BCUT2D eigenvalue weighted by molar-refractivity contribution is 5.89. The molecule has 0 saturated heterocycles. The summed E-state index contributed by atoms with van der Waals surface area (Å²) in [5.74, 6) is -1.88. The van der Waals surface area contributed by atoms with Gasteiger partial charge in [-0.2, -0.15) is 5.10 Å². The lowest BCUT2D eigenvalue weighted by molar-refractivity contribution is -0.140. The molecule has 2 rings (SSSR count). The van der Waals surface area contributed by atoms with E-state index in [0.717, 1.165) is 17.0 Å². The first-order valence-electron chi connectivity index (χ1n) is 6.83. The number of carbonyl (C=O) groups excluding carboxylic acids is 1. The molecule has 1 aromatic rings. The van der Waals surface area contributed by atoms with Crippen molar-refractivity contribution in [1.82, 2.24) is 15.1 Å². The first-order valence-corrected chi connectivity index (χ1v) is 6.83. The molecule has 0 spiro atoms. The normalized spacial score (nSPS) is 22.4. The minimum atomic E-state index is -0.878. The molecule has 1 aromatic heterocycles. The number of carbonyl (C=O) groups is 2. The van der Waals surface area contributed by atoms with Gasteiger partial charge in [-0.05, 0) is 39.2 Å². The van der Waals surface area contributed by atoms with Crippen LogP contribution in [0, 0.1) is 25.7 Å². The van der Waals surface area contributed by atoms with Crippen LogP contribution in [0.1, 0.15) is 30.3 Å². The predicted molar refractivity (Wildman–Crippen MR) is 73.2 cm³/mol. The maximum atomic E-state index is 11.9. The lowest BCUT2D eigenvalue weighted by Crippen LogP contribution is -2.36. The van der Waals surface area contributed by atoms with Crippen molar-refractivity contribution in [2.24, 2.45) is 18.9 Å². The third-order valence-corrected chi connectivity index (χ3v) is 4.00. The second-order valence-electron chi connectivity index (χ2n) is 5.67. The van der Waals surface area contributed by atoms with Crippen LogP contribution in [0.4, 0.5) is 0 Å². The molecular weight excluding hydrogens is 258 g/mol. The molecule has 0 aromatic carbocycles. The van der Waals surface area contributed by atoms with Gasteiger partial charge in [-0.25, -0.2) is 0 Å². The minimum Gasteiger partial charge on any atom is -0.481 e. The molecule has 0 unspecified atom stereocenters. The third kappa shape index (κ3) is 2.84. The quantitative estimate of drug-likeness (QED) is 0.835. The zero-order valence-corrected chi connectivity index (χ0v) is 12.3. The van der Waals surface area contributed by atoms with Gasteiger partial charge in [0.2, 0.25) is 5.91 Å². The maximum Gasteiger partial charge on any atom is 0.307 e. The van der Waals surface area contributed by atoms with Crippen molar-refractivity contribution in [3.05, 3.63) is 17.0 Å². The Kier molecular flexibility index (Phi) is 3.83. The van der Waals surface area contributed by atoms with Crippen LogP contribution in [0.3, 0.4) is 0 Å². The zero-order chi connectivity index (χ0) is 15.0. The Bertz CT molecular complexity index is 550. The molecule has 3 atom stereocenters. The Balaban J connectivity index is 1.91. The van der Waals surface area contributed by atoms with Gasteiger partial charge in [0, 0.05) is 18.8 Å². The highest BCUT2D eigenvalue weighted by Crippen LogP contribution is 2.38. The van der Waals surface area contributed by atoms with Crippen molar-refractivity contribution in [3.63, 3.8) is 0 Å². The number of aromatic nitrogens is 2. The van der Waals surface area contributed by atoms with E-state index in [1.54, 1.807) is 0 Å².